The fourth-order valence-corrected chi connectivity index (χ4v) is 1.96. The van der Waals surface area contributed by atoms with Crippen LogP contribution in [0.5, 0.6) is 11.5 Å². The van der Waals surface area contributed by atoms with Gasteiger partial charge in [0.05, 0.1) is 25.2 Å². The standard InChI is InChI=1S/C14H18ClNO5/c1-8(14(18)19)4-5-16-13(17)9-6-10(15)12(21-3)11(7-9)20-2/h6-8H,4-5H2,1-3H3,(H,16,17)(H,18,19). The Bertz CT molecular complexity index is 532. The van der Waals surface area contributed by atoms with Gasteiger partial charge in [-0.2, -0.15) is 0 Å². The lowest BCUT2D eigenvalue weighted by molar-refractivity contribution is -0.141. The van der Waals surface area contributed by atoms with Crippen molar-refractivity contribution in [2.24, 2.45) is 5.92 Å². The number of rotatable bonds is 7. The van der Waals surface area contributed by atoms with Crippen molar-refractivity contribution < 1.29 is 24.2 Å². The number of nitrogens with one attached hydrogen (secondary N) is 1. The molecule has 0 aliphatic rings. The predicted octanol–water partition coefficient (Wildman–Crippen LogP) is 2.20. The molecule has 0 fully saturated rings. The SMILES string of the molecule is COc1cc(C(=O)NCCC(C)C(=O)O)cc(Cl)c1OC. The third kappa shape index (κ3) is 4.53. The lowest BCUT2D eigenvalue weighted by Gasteiger charge is -2.12. The Balaban J connectivity index is 2.75. The number of methoxy groups -OCH3 is 2. The molecule has 0 aliphatic carbocycles. The van der Waals surface area contributed by atoms with Crippen molar-refractivity contribution in [1.29, 1.82) is 0 Å². The third-order valence-electron chi connectivity index (χ3n) is 2.98. The summed E-state index contributed by atoms with van der Waals surface area (Å²) in [5.41, 5.74) is 0.320. The van der Waals surface area contributed by atoms with Gasteiger partial charge >= 0.3 is 5.97 Å². The number of halogens is 1. The maximum atomic E-state index is 12.0. The maximum Gasteiger partial charge on any atom is 0.306 e. The number of benzene rings is 1. The van der Waals surface area contributed by atoms with Crippen LogP contribution in [0.25, 0.3) is 0 Å². The summed E-state index contributed by atoms with van der Waals surface area (Å²) < 4.78 is 10.2. The molecule has 0 bridgehead atoms. The molecule has 0 aliphatic heterocycles. The number of hydrogen-bond donors (Lipinski definition) is 2. The van der Waals surface area contributed by atoms with E-state index in [0.29, 0.717) is 23.5 Å². The molecular weight excluding hydrogens is 298 g/mol. The zero-order valence-corrected chi connectivity index (χ0v) is 12.9. The first kappa shape index (κ1) is 17.1. The Hall–Kier alpha value is -1.95. The molecular formula is C14H18ClNO5. The van der Waals surface area contributed by atoms with E-state index in [2.05, 4.69) is 5.32 Å². The van der Waals surface area contributed by atoms with Crippen LogP contribution >= 0.6 is 11.6 Å². The van der Waals surface area contributed by atoms with E-state index in [0.717, 1.165) is 0 Å². The van der Waals surface area contributed by atoms with E-state index in [1.165, 1.54) is 26.4 Å². The van der Waals surface area contributed by atoms with E-state index in [4.69, 9.17) is 26.2 Å². The van der Waals surface area contributed by atoms with Crippen LogP contribution in [0.4, 0.5) is 0 Å². The average molecular weight is 316 g/mol. The highest BCUT2D eigenvalue weighted by Gasteiger charge is 2.16. The van der Waals surface area contributed by atoms with Gasteiger partial charge < -0.3 is 19.9 Å². The summed E-state index contributed by atoms with van der Waals surface area (Å²) >= 11 is 6.02. The number of hydrogen-bond acceptors (Lipinski definition) is 4. The van der Waals surface area contributed by atoms with E-state index >= 15 is 0 Å². The monoisotopic (exact) mass is 315 g/mol. The number of carboxylic acid groups (broad SMARTS) is 1. The number of carboxylic acids is 1. The van der Waals surface area contributed by atoms with Crippen LogP contribution in [0, 0.1) is 5.92 Å². The molecule has 21 heavy (non-hydrogen) atoms. The van der Waals surface area contributed by atoms with E-state index in [1.807, 2.05) is 0 Å². The molecule has 6 nitrogen and oxygen atoms in total. The molecule has 0 spiro atoms. The summed E-state index contributed by atoms with van der Waals surface area (Å²) in [6.45, 7) is 1.85. The second kappa shape index (κ2) is 7.73. The van der Waals surface area contributed by atoms with Crippen LogP contribution in [0.1, 0.15) is 23.7 Å². The van der Waals surface area contributed by atoms with E-state index in [-0.39, 0.29) is 17.5 Å². The Labute approximate surface area is 128 Å². The number of carbonyl (C=O) groups excluding carboxylic acids is 1. The molecule has 116 valence electrons. The van der Waals surface area contributed by atoms with Crippen molar-refractivity contribution in [3.63, 3.8) is 0 Å². The van der Waals surface area contributed by atoms with Crippen LogP contribution in [-0.2, 0) is 4.79 Å². The van der Waals surface area contributed by atoms with Gasteiger partial charge in [-0.15, -0.1) is 0 Å². The minimum absolute atomic E-state index is 0.262. The van der Waals surface area contributed by atoms with Crippen molar-refractivity contribution >= 4 is 23.5 Å². The number of ether oxygens (including phenoxy) is 2. The summed E-state index contributed by atoms with van der Waals surface area (Å²) in [7, 11) is 2.90. The number of amides is 1. The van der Waals surface area contributed by atoms with Gasteiger partial charge in [-0.05, 0) is 18.6 Å². The molecule has 1 amide bonds. The normalized spacial score (nSPS) is 11.6. The van der Waals surface area contributed by atoms with Gasteiger partial charge in [0.1, 0.15) is 0 Å². The molecule has 7 heteroatoms. The van der Waals surface area contributed by atoms with Crippen molar-refractivity contribution in [3.05, 3.63) is 22.7 Å². The van der Waals surface area contributed by atoms with Crippen LogP contribution in [0.2, 0.25) is 5.02 Å². The van der Waals surface area contributed by atoms with E-state index < -0.39 is 11.9 Å². The van der Waals surface area contributed by atoms with Crippen molar-refractivity contribution in [3.8, 4) is 11.5 Å². The molecule has 0 heterocycles. The van der Waals surface area contributed by atoms with Crippen LogP contribution in [0.3, 0.4) is 0 Å². The fraction of sp³-hybridized carbons (Fsp3) is 0.429. The van der Waals surface area contributed by atoms with Gasteiger partial charge in [0.15, 0.2) is 11.5 Å². The quantitative estimate of drug-likeness (QED) is 0.805. The maximum absolute atomic E-state index is 12.0. The molecule has 2 N–H and O–H groups in total. The van der Waals surface area contributed by atoms with Gasteiger partial charge in [0, 0.05) is 12.1 Å². The largest absolute Gasteiger partial charge is 0.493 e. The molecule has 0 saturated heterocycles. The zero-order valence-electron chi connectivity index (χ0n) is 12.1. The molecule has 1 atom stereocenters. The highest BCUT2D eigenvalue weighted by atomic mass is 35.5. The highest BCUT2D eigenvalue weighted by Crippen LogP contribution is 2.35. The first-order valence-electron chi connectivity index (χ1n) is 6.33. The second-order valence-corrected chi connectivity index (χ2v) is 4.88. The van der Waals surface area contributed by atoms with Crippen LogP contribution in [-0.4, -0.2) is 37.7 Å². The van der Waals surface area contributed by atoms with Crippen molar-refractivity contribution in [1.82, 2.24) is 5.32 Å². The Kier molecular flexibility index (Phi) is 6.30. The summed E-state index contributed by atoms with van der Waals surface area (Å²) in [5, 5.41) is 11.7. The van der Waals surface area contributed by atoms with Gasteiger partial charge in [-0.3, -0.25) is 9.59 Å². The number of carbonyl (C=O) groups is 2. The number of aliphatic carboxylic acids is 1. The Morgan fingerprint density at radius 1 is 1.33 bits per heavy atom. The highest BCUT2D eigenvalue weighted by molar-refractivity contribution is 6.32. The third-order valence-corrected chi connectivity index (χ3v) is 3.26. The summed E-state index contributed by atoms with van der Waals surface area (Å²) in [5.74, 6) is -1.04. The van der Waals surface area contributed by atoms with Crippen LogP contribution in [0.15, 0.2) is 12.1 Å². The molecule has 1 aromatic rings. The van der Waals surface area contributed by atoms with Gasteiger partial charge in [-0.25, -0.2) is 0 Å². The van der Waals surface area contributed by atoms with Crippen LogP contribution < -0.4 is 14.8 Å². The first-order chi connectivity index (χ1) is 9.90. The first-order valence-corrected chi connectivity index (χ1v) is 6.71. The molecule has 0 radical (unpaired) electrons. The molecule has 1 aromatic carbocycles. The van der Waals surface area contributed by atoms with Gasteiger partial charge in [0.2, 0.25) is 0 Å². The van der Waals surface area contributed by atoms with Gasteiger partial charge in [0.25, 0.3) is 5.91 Å². The minimum Gasteiger partial charge on any atom is -0.493 e. The average Bonchev–Trinajstić information content (AvgIpc) is 2.45. The molecule has 1 unspecified atom stereocenters. The fourth-order valence-electron chi connectivity index (χ4n) is 1.68. The Morgan fingerprint density at radius 2 is 2.00 bits per heavy atom. The lowest BCUT2D eigenvalue weighted by atomic mass is 10.1. The summed E-state index contributed by atoms with van der Waals surface area (Å²) in [6.07, 6.45) is 0.349. The van der Waals surface area contributed by atoms with E-state index in [1.54, 1.807) is 6.92 Å². The lowest BCUT2D eigenvalue weighted by Crippen LogP contribution is -2.27. The smallest absolute Gasteiger partial charge is 0.306 e. The van der Waals surface area contributed by atoms with Crippen molar-refractivity contribution in [2.75, 3.05) is 20.8 Å². The zero-order chi connectivity index (χ0) is 16.0. The molecule has 1 rings (SSSR count). The van der Waals surface area contributed by atoms with Crippen molar-refractivity contribution in [2.45, 2.75) is 13.3 Å². The molecule has 0 saturated carbocycles. The van der Waals surface area contributed by atoms with Gasteiger partial charge in [-0.1, -0.05) is 18.5 Å². The minimum atomic E-state index is -0.890. The molecule has 0 aromatic heterocycles. The second-order valence-electron chi connectivity index (χ2n) is 4.48. The Morgan fingerprint density at radius 3 is 2.52 bits per heavy atom. The summed E-state index contributed by atoms with van der Waals surface area (Å²) in [6, 6.07) is 2.99. The topological polar surface area (TPSA) is 84.9 Å². The van der Waals surface area contributed by atoms with E-state index in [9.17, 15) is 9.59 Å². The predicted molar refractivity (Wildman–Crippen MR) is 78.3 cm³/mol. The summed E-state index contributed by atoms with van der Waals surface area (Å²) in [4.78, 5) is 22.7.